The molecule has 3 unspecified atom stereocenters. The van der Waals surface area contributed by atoms with Crippen molar-refractivity contribution in [1.82, 2.24) is 10.3 Å². The number of thioether (sulfide) groups is 1. The zero-order chi connectivity index (χ0) is 12.3. The molecule has 17 heavy (non-hydrogen) atoms. The minimum Gasteiger partial charge on any atom is -0.314 e. The molecule has 3 atom stereocenters. The van der Waals surface area contributed by atoms with Gasteiger partial charge in [0.15, 0.2) is 0 Å². The summed E-state index contributed by atoms with van der Waals surface area (Å²) in [4.78, 5) is 4.36. The molecule has 94 valence electrons. The lowest BCUT2D eigenvalue weighted by molar-refractivity contribution is 0.441. The van der Waals surface area contributed by atoms with E-state index >= 15 is 0 Å². The van der Waals surface area contributed by atoms with Crippen molar-refractivity contribution in [2.45, 2.75) is 43.0 Å². The van der Waals surface area contributed by atoms with E-state index in [9.17, 15) is 0 Å². The van der Waals surface area contributed by atoms with Crippen molar-refractivity contribution in [3.63, 3.8) is 0 Å². The average molecular weight is 271 g/mol. The van der Waals surface area contributed by atoms with E-state index in [4.69, 9.17) is 11.6 Å². The lowest BCUT2D eigenvalue weighted by atomic mass is 10.1. The van der Waals surface area contributed by atoms with Gasteiger partial charge in [0.2, 0.25) is 0 Å². The van der Waals surface area contributed by atoms with Crippen LogP contribution in [0.5, 0.6) is 0 Å². The van der Waals surface area contributed by atoms with Crippen molar-refractivity contribution >= 4 is 23.4 Å². The van der Waals surface area contributed by atoms with E-state index in [1.54, 1.807) is 6.20 Å². The van der Waals surface area contributed by atoms with Gasteiger partial charge in [-0.15, -0.1) is 11.8 Å². The van der Waals surface area contributed by atoms with E-state index < -0.39 is 0 Å². The van der Waals surface area contributed by atoms with Crippen LogP contribution in [-0.4, -0.2) is 22.8 Å². The Balaban J connectivity index is 1.94. The maximum Gasteiger partial charge on any atom is 0.0963 e. The Kier molecular flexibility index (Phi) is 4.71. The minimum absolute atomic E-state index is 0.671. The first kappa shape index (κ1) is 13.2. The van der Waals surface area contributed by atoms with E-state index in [2.05, 4.69) is 24.1 Å². The molecule has 1 heterocycles. The highest BCUT2D eigenvalue weighted by Crippen LogP contribution is 2.38. The van der Waals surface area contributed by atoms with E-state index in [1.165, 1.54) is 12.8 Å². The predicted molar refractivity (Wildman–Crippen MR) is 74.8 cm³/mol. The van der Waals surface area contributed by atoms with Crippen LogP contribution in [0.2, 0.25) is 5.02 Å². The highest BCUT2D eigenvalue weighted by Gasteiger charge is 2.32. The van der Waals surface area contributed by atoms with E-state index in [0.717, 1.165) is 11.6 Å². The molecule has 0 radical (unpaired) electrons. The van der Waals surface area contributed by atoms with Crippen LogP contribution < -0.4 is 5.32 Å². The zero-order valence-electron chi connectivity index (χ0n) is 10.3. The van der Waals surface area contributed by atoms with Crippen molar-refractivity contribution < 1.29 is 0 Å². The molecule has 0 aromatic carbocycles. The third-order valence-electron chi connectivity index (χ3n) is 3.42. The molecule has 0 spiro atoms. The van der Waals surface area contributed by atoms with Crippen LogP contribution in [0.1, 0.15) is 26.7 Å². The summed E-state index contributed by atoms with van der Waals surface area (Å²) >= 11 is 7.73. The summed E-state index contributed by atoms with van der Waals surface area (Å²) in [6.45, 7) is 5.58. The molecule has 2 rings (SSSR count). The quantitative estimate of drug-likeness (QED) is 0.905. The molecule has 1 fully saturated rings. The summed E-state index contributed by atoms with van der Waals surface area (Å²) in [6, 6.07) is 4.60. The van der Waals surface area contributed by atoms with Gasteiger partial charge in [-0.25, -0.2) is 4.98 Å². The Bertz CT molecular complexity index is 355. The standard InChI is InChI=1S/C13H19ClN2S/c1-3-15-11-5-6-12(9(11)2)17-13-7-4-10(14)8-16-13/h4,7-9,11-12,15H,3,5-6H2,1-2H3. The fraction of sp³-hybridized carbons (Fsp3) is 0.615. The van der Waals surface area contributed by atoms with E-state index in [0.29, 0.717) is 22.2 Å². The molecule has 1 aliphatic rings. The van der Waals surface area contributed by atoms with Crippen LogP contribution in [0.25, 0.3) is 0 Å². The molecule has 1 aliphatic carbocycles. The van der Waals surface area contributed by atoms with E-state index in [-0.39, 0.29) is 0 Å². The first-order valence-corrected chi connectivity index (χ1v) is 7.48. The van der Waals surface area contributed by atoms with Crippen molar-refractivity contribution in [2.24, 2.45) is 5.92 Å². The number of pyridine rings is 1. The number of nitrogens with zero attached hydrogens (tertiary/aromatic N) is 1. The zero-order valence-corrected chi connectivity index (χ0v) is 11.9. The van der Waals surface area contributed by atoms with Crippen LogP contribution in [-0.2, 0) is 0 Å². The second kappa shape index (κ2) is 6.07. The van der Waals surface area contributed by atoms with Gasteiger partial charge in [-0.1, -0.05) is 25.4 Å². The fourth-order valence-corrected chi connectivity index (χ4v) is 3.77. The van der Waals surface area contributed by atoms with Gasteiger partial charge in [0.25, 0.3) is 0 Å². The van der Waals surface area contributed by atoms with E-state index in [1.807, 2.05) is 23.9 Å². The van der Waals surface area contributed by atoms with Crippen molar-refractivity contribution in [3.05, 3.63) is 23.4 Å². The number of hydrogen-bond acceptors (Lipinski definition) is 3. The maximum absolute atomic E-state index is 5.84. The summed E-state index contributed by atoms with van der Waals surface area (Å²) in [7, 11) is 0. The van der Waals surface area contributed by atoms with Crippen molar-refractivity contribution in [3.8, 4) is 0 Å². The Hall–Kier alpha value is -0.250. The molecule has 1 N–H and O–H groups in total. The molecule has 4 heteroatoms. The van der Waals surface area contributed by atoms with Gasteiger partial charge in [0.1, 0.15) is 0 Å². The Labute approximate surface area is 113 Å². The SMILES string of the molecule is CCNC1CCC(Sc2ccc(Cl)cn2)C1C. The van der Waals surface area contributed by atoms with Gasteiger partial charge in [-0.2, -0.15) is 0 Å². The number of nitrogens with one attached hydrogen (secondary N) is 1. The molecule has 0 aliphatic heterocycles. The first-order valence-electron chi connectivity index (χ1n) is 6.22. The highest BCUT2D eigenvalue weighted by molar-refractivity contribution is 7.99. The fourth-order valence-electron chi connectivity index (χ4n) is 2.43. The third kappa shape index (κ3) is 3.36. The number of aromatic nitrogens is 1. The summed E-state index contributed by atoms with van der Waals surface area (Å²) in [6.07, 6.45) is 4.28. The molecule has 0 amide bonds. The topological polar surface area (TPSA) is 24.9 Å². The van der Waals surface area contributed by atoms with Gasteiger partial charge < -0.3 is 5.32 Å². The monoisotopic (exact) mass is 270 g/mol. The van der Waals surface area contributed by atoms with Gasteiger partial charge in [-0.3, -0.25) is 0 Å². The summed E-state index contributed by atoms with van der Waals surface area (Å²) in [5, 5.41) is 6.03. The highest BCUT2D eigenvalue weighted by atomic mass is 35.5. The number of halogens is 1. The molecule has 2 nitrogen and oxygen atoms in total. The molecular weight excluding hydrogens is 252 g/mol. The van der Waals surface area contributed by atoms with Crippen LogP contribution in [0.15, 0.2) is 23.4 Å². The van der Waals surface area contributed by atoms with Crippen LogP contribution in [0, 0.1) is 5.92 Å². The van der Waals surface area contributed by atoms with Crippen LogP contribution in [0.4, 0.5) is 0 Å². The van der Waals surface area contributed by atoms with Gasteiger partial charge in [-0.05, 0) is 37.4 Å². The maximum atomic E-state index is 5.84. The second-order valence-electron chi connectivity index (χ2n) is 4.57. The molecule has 0 bridgehead atoms. The third-order valence-corrected chi connectivity index (χ3v) is 5.10. The smallest absolute Gasteiger partial charge is 0.0963 e. The number of rotatable bonds is 4. The minimum atomic E-state index is 0.671. The largest absolute Gasteiger partial charge is 0.314 e. The van der Waals surface area contributed by atoms with Gasteiger partial charge in [0.05, 0.1) is 10.0 Å². The molecule has 1 saturated carbocycles. The second-order valence-corrected chi connectivity index (χ2v) is 6.27. The lowest BCUT2D eigenvalue weighted by Crippen LogP contribution is -2.33. The number of hydrogen-bond donors (Lipinski definition) is 1. The first-order chi connectivity index (χ1) is 8.20. The summed E-state index contributed by atoms with van der Waals surface area (Å²) in [5.74, 6) is 0.706. The molecule has 0 saturated heterocycles. The van der Waals surface area contributed by atoms with Gasteiger partial charge in [0, 0.05) is 17.5 Å². The Morgan fingerprint density at radius 1 is 1.47 bits per heavy atom. The van der Waals surface area contributed by atoms with Crippen LogP contribution in [0.3, 0.4) is 0 Å². The molecule has 1 aromatic rings. The predicted octanol–water partition coefficient (Wildman–Crippen LogP) is 3.60. The lowest BCUT2D eigenvalue weighted by Gasteiger charge is -2.20. The van der Waals surface area contributed by atoms with Crippen LogP contribution >= 0.6 is 23.4 Å². The Morgan fingerprint density at radius 2 is 2.29 bits per heavy atom. The molecule has 1 aromatic heterocycles. The molecular formula is C13H19ClN2S. The van der Waals surface area contributed by atoms with Gasteiger partial charge >= 0.3 is 0 Å². The van der Waals surface area contributed by atoms with Crippen molar-refractivity contribution in [2.75, 3.05) is 6.54 Å². The average Bonchev–Trinajstić information content (AvgIpc) is 2.65. The summed E-state index contributed by atoms with van der Waals surface area (Å²) in [5.41, 5.74) is 0. The van der Waals surface area contributed by atoms with Crippen molar-refractivity contribution in [1.29, 1.82) is 0 Å². The summed E-state index contributed by atoms with van der Waals surface area (Å²) < 4.78 is 0. The Morgan fingerprint density at radius 3 is 2.94 bits per heavy atom. The normalized spacial score (nSPS) is 28.5.